The molecule has 2 nitrogen and oxygen atoms in total. The Morgan fingerprint density at radius 1 is 1.26 bits per heavy atom. The Labute approximate surface area is 114 Å². The molecule has 2 bridgehead atoms. The quantitative estimate of drug-likeness (QED) is 0.754. The molecule has 1 aromatic carbocycles. The number of rotatable bonds is 2. The molecule has 1 aromatic rings. The normalized spacial score (nSPS) is 30.1. The molecule has 0 heterocycles. The molecule has 2 unspecified atom stereocenters. The second kappa shape index (κ2) is 4.22. The fourth-order valence-corrected chi connectivity index (χ4v) is 3.43. The van der Waals surface area contributed by atoms with Gasteiger partial charge in [-0.25, -0.2) is 0 Å². The smallest absolute Gasteiger partial charge is 0.162 e. The van der Waals surface area contributed by atoms with Gasteiger partial charge in [0.15, 0.2) is 5.78 Å². The van der Waals surface area contributed by atoms with Crippen molar-refractivity contribution in [3.63, 3.8) is 0 Å². The Morgan fingerprint density at radius 3 is 2.47 bits per heavy atom. The van der Waals surface area contributed by atoms with Gasteiger partial charge in [0.05, 0.1) is 7.11 Å². The molecule has 0 spiro atoms. The van der Waals surface area contributed by atoms with Crippen LogP contribution in [0.15, 0.2) is 29.8 Å². The van der Waals surface area contributed by atoms with Crippen LogP contribution in [0.25, 0.3) is 6.08 Å². The fraction of sp³-hybridized carbons (Fsp3) is 0.471. The summed E-state index contributed by atoms with van der Waals surface area (Å²) in [5.74, 6) is 2.14. The Hall–Kier alpha value is -1.57. The lowest BCUT2D eigenvalue weighted by molar-refractivity contribution is -0.140. The molecule has 4 rings (SSSR count). The number of carbonyl (C=O) groups excluding carboxylic acids is 1. The number of hydrogen-bond donors (Lipinski definition) is 0. The second-order valence-electron chi connectivity index (χ2n) is 6.32. The van der Waals surface area contributed by atoms with Gasteiger partial charge in [-0.1, -0.05) is 26.0 Å². The van der Waals surface area contributed by atoms with Crippen molar-refractivity contribution in [3.8, 4) is 5.75 Å². The van der Waals surface area contributed by atoms with Crippen LogP contribution in [-0.4, -0.2) is 12.9 Å². The summed E-state index contributed by atoms with van der Waals surface area (Å²) in [7, 11) is 1.66. The van der Waals surface area contributed by atoms with Crippen molar-refractivity contribution in [1.82, 2.24) is 0 Å². The van der Waals surface area contributed by atoms with Crippen LogP contribution in [0.5, 0.6) is 5.75 Å². The summed E-state index contributed by atoms with van der Waals surface area (Å²) in [4.78, 5) is 12.4. The Bertz CT molecular complexity index is 537. The standard InChI is InChI=1S/C17H20O2/c1-17(2)13-9-12(16(18)15(17)10-13)8-11-4-6-14(19-3)7-5-11/h4-8,13,15H,9-10H2,1-3H3. The van der Waals surface area contributed by atoms with Crippen LogP contribution in [-0.2, 0) is 4.79 Å². The summed E-state index contributed by atoms with van der Waals surface area (Å²) in [5.41, 5.74) is 2.31. The first-order valence-corrected chi connectivity index (χ1v) is 6.91. The van der Waals surface area contributed by atoms with Gasteiger partial charge in [0.1, 0.15) is 5.75 Å². The van der Waals surface area contributed by atoms with Crippen LogP contribution in [0.4, 0.5) is 0 Å². The van der Waals surface area contributed by atoms with Gasteiger partial charge in [-0.15, -0.1) is 0 Å². The summed E-state index contributed by atoms with van der Waals surface area (Å²) >= 11 is 0. The Kier molecular flexibility index (Phi) is 2.77. The van der Waals surface area contributed by atoms with Gasteiger partial charge in [0.25, 0.3) is 0 Å². The molecule has 0 N–H and O–H groups in total. The zero-order valence-electron chi connectivity index (χ0n) is 11.8. The predicted octanol–water partition coefficient (Wildman–Crippen LogP) is 3.71. The molecule has 3 aliphatic carbocycles. The molecule has 3 saturated carbocycles. The molecule has 3 fully saturated rings. The van der Waals surface area contributed by atoms with Crippen molar-refractivity contribution in [2.45, 2.75) is 26.7 Å². The van der Waals surface area contributed by atoms with Gasteiger partial charge in [-0.05, 0) is 53.5 Å². The van der Waals surface area contributed by atoms with Crippen LogP contribution >= 0.6 is 0 Å². The minimum absolute atomic E-state index is 0.217. The fourth-order valence-electron chi connectivity index (χ4n) is 3.43. The van der Waals surface area contributed by atoms with E-state index in [1.165, 1.54) is 0 Å². The lowest BCUT2D eigenvalue weighted by atomic mass is 9.47. The highest BCUT2D eigenvalue weighted by Crippen LogP contribution is 2.59. The van der Waals surface area contributed by atoms with E-state index in [-0.39, 0.29) is 11.3 Å². The molecule has 0 saturated heterocycles. The molecule has 100 valence electrons. The van der Waals surface area contributed by atoms with E-state index in [1.54, 1.807) is 7.11 Å². The molecule has 0 amide bonds. The second-order valence-corrected chi connectivity index (χ2v) is 6.32. The van der Waals surface area contributed by atoms with E-state index in [0.29, 0.717) is 11.7 Å². The molecular weight excluding hydrogens is 236 g/mol. The number of Topliss-reactive ketones (excluding diaryl/α,β-unsaturated/α-hetero) is 1. The average molecular weight is 256 g/mol. The number of methoxy groups -OCH3 is 1. The number of ketones is 1. The molecule has 2 heteroatoms. The van der Waals surface area contributed by atoms with Gasteiger partial charge < -0.3 is 4.74 Å². The van der Waals surface area contributed by atoms with Crippen LogP contribution in [0.3, 0.4) is 0 Å². The van der Waals surface area contributed by atoms with Gasteiger partial charge in [0, 0.05) is 5.92 Å². The van der Waals surface area contributed by atoms with E-state index in [9.17, 15) is 4.79 Å². The molecule has 3 aliphatic rings. The molecular formula is C17H20O2. The van der Waals surface area contributed by atoms with E-state index in [1.807, 2.05) is 24.3 Å². The maximum atomic E-state index is 12.4. The van der Waals surface area contributed by atoms with Crippen LogP contribution in [0, 0.1) is 17.3 Å². The summed E-state index contributed by atoms with van der Waals surface area (Å²) in [6.07, 6.45) is 4.08. The summed E-state index contributed by atoms with van der Waals surface area (Å²) in [5, 5.41) is 0. The zero-order chi connectivity index (χ0) is 13.6. The van der Waals surface area contributed by atoms with Crippen molar-refractivity contribution in [1.29, 1.82) is 0 Å². The third-order valence-corrected chi connectivity index (χ3v) is 5.03. The van der Waals surface area contributed by atoms with Gasteiger partial charge in [0.2, 0.25) is 0 Å². The van der Waals surface area contributed by atoms with Crippen molar-refractivity contribution in [2.75, 3.05) is 7.11 Å². The molecule has 0 aliphatic heterocycles. The highest BCUT2D eigenvalue weighted by molar-refractivity contribution is 6.03. The van der Waals surface area contributed by atoms with E-state index in [0.717, 1.165) is 29.7 Å². The average Bonchev–Trinajstić information content (AvgIpc) is 2.41. The number of benzene rings is 1. The lowest BCUT2D eigenvalue weighted by Gasteiger charge is -2.56. The van der Waals surface area contributed by atoms with E-state index >= 15 is 0 Å². The molecule has 0 radical (unpaired) electrons. The molecule has 19 heavy (non-hydrogen) atoms. The van der Waals surface area contributed by atoms with Crippen LogP contribution in [0.2, 0.25) is 0 Å². The predicted molar refractivity (Wildman–Crippen MR) is 76.0 cm³/mol. The lowest BCUT2D eigenvalue weighted by Crippen LogP contribution is -2.53. The first-order valence-electron chi connectivity index (χ1n) is 6.91. The number of allylic oxidation sites excluding steroid dienone is 1. The first-order chi connectivity index (χ1) is 9.02. The number of carbonyl (C=O) groups is 1. The highest BCUT2D eigenvalue weighted by atomic mass is 16.5. The van der Waals surface area contributed by atoms with Crippen molar-refractivity contribution in [2.24, 2.45) is 17.3 Å². The minimum Gasteiger partial charge on any atom is -0.497 e. The van der Waals surface area contributed by atoms with E-state index in [2.05, 4.69) is 19.9 Å². The Balaban J connectivity index is 1.83. The van der Waals surface area contributed by atoms with Gasteiger partial charge in [-0.3, -0.25) is 4.79 Å². The van der Waals surface area contributed by atoms with Crippen molar-refractivity contribution < 1.29 is 9.53 Å². The summed E-state index contributed by atoms with van der Waals surface area (Å²) in [6.45, 7) is 4.46. The van der Waals surface area contributed by atoms with Gasteiger partial charge in [-0.2, -0.15) is 0 Å². The van der Waals surface area contributed by atoms with E-state index in [4.69, 9.17) is 4.74 Å². The number of fused-ring (bicyclic) bond motifs is 2. The maximum Gasteiger partial charge on any atom is 0.162 e. The van der Waals surface area contributed by atoms with Crippen molar-refractivity contribution >= 4 is 11.9 Å². The van der Waals surface area contributed by atoms with Crippen LogP contribution in [0.1, 0.15) is 32.3 Å². The number of ether oxygens (including phenoxy) is 1. The SMILES string of the molecule is COc1ccc(C=C2CC3CC(C2=O)C3(C)C)cc1. The minimum atomic E-state index is 0.217. The number of hydrogen-bond acceptors (Lipinski definition) is 2. The molecule has 2 atom stereocenters. The van der Waals surface area contributed by atoms with Crippen LogP contribution < -0.4 is 4.74 Å². The van der Waals surface area contributed by atoms with Gasteiger partial charge >= 0.3 is 0 Å². The van der Waals surface area contributed by atoms with Crippen molar-refractivity contribution in [3.05, 3.63) is 35.4 Å². The molecule has 0 aromatic heterocycles. The topological polar surface area (TPSA) is 26.3 Å². The third-order valence-electron chi connectivity index (χ3n) is 5.03. The summed E-state index contributed by atoms with van der Waals surface area (Å²) < 4.78 is 5.14. The monoisotopic (exact) mass is 256 g/mol. The summed E-state index contributed by atoms with van der Waals surface area (Å²) in [6, 6.07) is 7.88. The highest BCUT2D eigenvalue weighted by Gasteiger charge is 2.55. The third kappa shape index (κ3) is 1.90. The maximum absolute atomic E-state index is 12.4. The Morgan fingerprint density at radius 2 is 1.95 bits per heavy atom. The first kappa shape index (κ1) is 12.5. The largest absolute Gasteiger partial charge is 0.497 e. The van der Waals surface area contributed by atoms with E-state index < -0.39 is 0 Å². The zero-order valence-corrected chi connectivity index (χ0v) is 11.8.